The molecule has 11 heteroatoms. The number of rotatable bonds is 9. The van der Waals surface area contributed by atoms with Crippen LogP contribution >= 0.6 is 11.3 Å². The number of allylic oxidation sites excluding steroid dienone is 1. The number of ketones is 1. The highest BCUT2D eigenvalue weighted by Crippen LogP contribution is 2.51. The summed E-state index contributed by atoms with van der Waals surface area (Å²) >= 11 is 1.20. The number of ether oxygens (including phenoxy) is 6. The van der Waals surface area contributed by atoms with Gasteiger partial charge in [0.2, 0.25) is 11.5 Å². The average Bonchev–Trinajstić information content (AvgIpc) is 3.29. The molecule has 0 fully saturated rings. The zero-order chi connectivity index (χ0) is 28.4. The largest absolute Gasteiger partial charge is 0.493 e. The van der Waals surface area contributed by atoms with Crippen LogP contribution < -0.4 is 34.7 Å². The van der Waals surface area contributed by atoms with Crippen LogP contribution in [0.2, 0.25) is 0 Å². The van der Waals surface area contributed by atoms with E-state index in [1.165, 1.54) is 46.9 Å². The molecule has 0 amide bonds. The number of hydrogen-bond donors (Lipinski definition) is 2. The van der Waals surface area contributed by atoms with Gasteiger partial charge in [0.15, 0.2) is 23.0 Å². The Morgan fingerprint density at radius 1 is 0.846 bits per heavy atom. The molecule has 1 aliphatic heterocycles. The fourth-order valence-corrected chi connectivity index (χ4v) is 5.87. The average molecular weight is 555 g/mol. The van der Waals surface area contributed by atoms with Crippen LogP contribution in [0.1, 0.15) is 39.2 Å². The number of nitrogens with one attached hydrogen (secondary N) is 1. The zero-order valence-electron chi connectivity index (χ0n) is 22.7. The van der Waals surface area contributed by atoms with Gasteiger partial charge in [0.05, 0.1) is 58.9 Å². The molecule has 1 atom stereocenters. The highest BCUT2D eigenvalue weighted by molar-refractivity contribution is 7.19. The molecule has 0 aliphatic carbocycles. The van der Waals surface area contributed by atoms with E-state index in [4.69, 9.17) is 34.2 Å². The highest BCUT2D eigenvalue weighted by atomic mass is 32.1. The second-order valence-corrected chi connectivity index (χ2v) is 9.55. The van der Waals surface area contributed by atoms with Gasteiger partial charge < -0.3 is 39.5 Å². The molecular formula is C28H30N2O8S. The second-order valence-electron chi connectivity index (χ2n) is 8.53. The molecule has 4 rings (SSSR count). The van der Waals surface area contributed by atoms with Crippen molar-refractivity contribution < 1.29 is 38.0 Å². The molecule has 1 aliphatic rings. The van der Waals surface area contributed by atoms with Crippen LogP contribution in [0.15, 0.2) is 41.6 Å². The van der Waals surface area contributed by atoms with Gasteiger partial charge in [-0.3, -0.25) is 4.79 Å². The monoisotopic (exact) mass is 554 g/mol. The number of anilines is 2. The van der Waals surface area contributed by atoms with Crippen molar-refractivity contribution in [1.82, 2.24) is 0 Å². The second kappa shape index (κ2) is 11.2. The van der Waals surface area contributed by atoms with E-state index in [1.807, 2.05) is 6.07 Å². The maximum atomic E-state index is 13.8. The lowest BCUT2D eigenvalue weighted by Gasteiger charge is -2.28. The molecular weight excluding hydrogens is 524 g/mol. The first-order valence-electron chi connectivity index (χ1n) is 11.8. The Morgan fingerprint density at radius 2 is 1.46 bits per heavy atom. The van der Waals surface area contributed by atoms with Gasteiger partial charge in [0.25, 0.3) is 0 Å². The van der Waals surface area contributed by atoms with Crippen molar-refractivity contribution in [2.24, 2.45) is 0 Å². The van der Waals surface area contributed by atoms with Crippen LogP contribution in [0, 0.1) is 0 Å². The lowest BCUT2D eigenvalue weighted by atomic mass is 9.81. The Balaban J connectivity index is 1.91. The predicted octanol–water partition coefficient (Wildman–Crippen LogP) is 4.61. The fraction of sp³-hybridized carbons (Fsp3) is 0.286. The maximum absolute atomic E-state index is 13.8. The SMILES string of the molecule is COC(=O)C1=C(C)Nc2sc(C(=O)c3cc(OC)c(OC)c(OC)c3)c(N)c2C1c1ccc(OC)c(OC)c1. The van der Waals surface area contributed by atoms with E-state index in [0.29, 0.717) is 66.6 Å². The molecule has 39 heavy (non-hydrogen) atoms. The molecule has 0 bridgehead atoms. The summed E-state index contributed by atoms with van der Waals surface area (Å²) in [6, 6.07) is 8.52. The molecule has 3 aromatic rings. The van der Waals surface area contributed by atoms with Crippen molar-refractivity contribution >= 4 is 33.8 Å². The lowest BCUT2D eigenvalue weighted by Crippen LogP contribution is -2.23. The molecule has 0 saturated carbocycles. The summed E-state index contributed by atoms with van der Waals surface area (Å²) in [4.78, 5) is 27.1. The van der Waals surface area contributed by atoms with Gasteiger partial charge in [-0.1, -0.05) is 6.07 Å². The third-order valence-corrected chi connectivity index (χ3v) is 7.68. The molecule has 206 valence electrons. The van der Waals surface area contributed by atoms with E-state index < -0.39 is 11.9 Å². The number of thiophene rings is 1. The maximum Gasteiger partial charge on any atom is 0.336 e. The van der Waals surface area contributed by atoms with E-state index in [-0.39, 0.29) is 11.5 Å². The Morgan fingerprint density at radius 3 is 2.00 bits per heavy atom. The normalized spacial score (nSPS) is 14.2. The molecule has 2 heterocycles. The topological polar surface area (TPSA) is 128 Å². The summed E-state index contributed by atoms with van der Waals surface area (Å²) in [7, 11) is 8.84. The van der Waals surface area contributed by atoms with Gasteiger partial charge in [-0.2, -0.15) is 0 Å². The van der Waals surface area contributed by atoms with Crippen LogP contribution in [0.4, 0.5) is 10.7 Å². The number of hydrogen-bond acceptors (Lipinski definition) is 11. The molecule has 10 nitrogen and oxygen atoms in total. The minimum atomic E-state index is -0.633. The Labute approximate surface area is 230 Å². The van der Waals surface area contributed by atoms with E-state index >= 15 is 0 Å². The first-order valence-corrected chi connectivity index (χ1v) is 12.6. The summed E-state index contributed by atoms with van der Waals surface area (Å²) in [5.74, 6) is 0.578. The summed E-state index contributed by atoms with van der Waals surface area (Å²) in [5, 5.41) is 3.89. The molecule has 0 saturated heterocycles. The molecule has 2 aromatic carbocycles. The molecule has 3 N–H and O–H groups in total. The first kappa shape index (κ1) is 27.6. The van der Waals surface area contributed by atoms with E-state index in [0.717, 1.165) is 0 Å². The lowest BCUT2D eigenvalue weighted by molar-refractivity contribution is -0.136. The number of methoxy groups -OCH3 is 6. The first-order chi connectivity index (χ1) is 18.7. The van der Waals surface area contributed by atoms with Crippen LogP contribution in [0.3, 0.4) is 0 Å². The Kier molecular flexibility index (Phi) is 7.91. The zero-order valence-corrected chi connectivity index (χ0v) is 23.5. The summed E-state index contributed by atoms with van der Waals surface area (Å²) in [6.45, 7) is 1.78. The Hall–Kier alpha value is -4.38. The predicted molar refractivity (Wildman–Crippen MR) is 148 cm³/mol. The summed E-state index contributed by atoms with van der Waals surface area (Å²) in [6.07, 6.45) is 0. The van der Waals surface area contributed by atoms with Crippen molar-refractivity contribution in [1.29, 1.82) is 0 Å². The quantitative estimate of drug-likeness (QED) is 0.286. The Bertz CT molecular complexity index is 1450. The van der Waals surface area contributed by atoms with Gasteiger partial charge in [-0.25, -0.2) is 4.79 Å². The van der Waals surface area contributed by atoms with Gasteiger partial charge in [0.1, 0.15) is 4.88 Å². The van der Waals surface area contributed by atoms with Gasteiger partial charge in [-0.05, 0) is 36.8 Å². The summed E-state index contributed by atoms with van der Waals surface area (Å²) < 4.78 is 32.3. The van der Waals surface area contributed by atoms with Crippen molar-refractivity contribution in [3.8, 4) is 28.7 Å². The van der Waals surface area contributed by atoms with Crippen LogP contribution in [0.5, 0.6) is 28.7 Å². The number of carbonyl (C=O) groups excluding carboxylic acids is 2. The fourth-order valence-electron chi connectivity index (χ4n) is 4.69. The third kappa shape index (κ3) is 4.69. The molecule has 1 unspecified atom stereocenters. The van der Waals surface area contributed by atoms with E-state index in [2.05, 4.69) is 5.32 Å². The standard InChI is InChI=1S/C28H30N2O8S/c1-13-20(28(32)38-7)21(14-8-9-16(33-2)17(10-14)34-3)22-23(29)26(39-27(22)30-13)24(31)15-11-18(35-4)25(37-6)19(12-15)36-5/h8-12,21,30H,29H2,1-7H3. The van der Waals surface area contributed by atoms with E-state index in [1.54, 1.807) is 38.3 Å². The number of esters is 1. The minimum Gasteiger partial charge on any atom is -0.493 e. The van der Waals surface area contributed by atoms with Crippen molar-refractivity contribution in [2.45, 2.75) is 12.8 Å². The number of fused-ring (bicyclic) bond motifs is 1. The summed E-state index contributed by atoms with van der Waals surface area (Å²) in [5.41, 5.74) is 9.50. The number of nitrogens with two attached hydrogens (primary N) is 1. The molecule has 1 aromatic heterocycles. The van der Waals surface area contributed by atoms with Gasteiger partial charge in [-0.15, -0.1) is 11.3 Å². The number of carbonyl (C=O) groups is 2. The van der Waals surface area contributed by atoms with Crippen molar-refractivity contribution in [3.05, 3.63) is 63.2 Å². The highest BCUT2D eigenvalue weighted by Gasteiger charge is 2.38. The third-order valence-electron chi connectivity index (χ3n) is 6.55. The van der Waals surface area contributed by atoms with Crippen LogP contribution in [-0.2, 0) is 9.53 Å². The minimum absolute atomic E-state index is 0.245. The van der Waals surface area contributed by atoms with Gasteiger partial charge >= 0.3 is 5.97 Å². The van der Waals surface area contributed by atoms with Crippen LogP contribution in [0.25, 0.3) is 0 Å². The van der Waals surface area contributed by atoms with Crippen molar-refractivity contribution in [2.75, 3.05) is 53.7 Å². The van der Waals surface area contributed by atoms with Crippen molar-refractivity contribution in [3.63, 3.8) is 0 Å². The number of benzene rings is 2. The smallest absolute Gasteiger partial charge is 0.336 e. The van der Waals surface area contributed by atoms with Gasteiger partial charge in [0, 0.05) is 22.7 Å². The molecule has 0 spiro atoms. The number of nitrogen functional groups attached to an aromatic ring is 1. The van der Waals surface area contributed by atoms with Crippen LogP contribution in [-0.4, -0.2) is 54.4 Å². The molecule has 0 radical (unpaired) electrons. The van der Waals surface area contributed by atoms with E-state index in [9.17, 15) is 9.59 Å².